The molecule has 2 rings (SSSR count). The number of nitrogens with one attached hydrogen (secondary N) is 1. The van der Waals surface area contributed by atoms with E-state index < -0.39 is 24.3 Å². The monoisotopic (exact) mass is 442 g/mol. The minimum atomic E-state index is -1.00. The number of ether oxygens (including phenoxy) is 3. The molecule has 2 aromatic carbocycles. The number of carbonyl (C=O) groups excluding carboxylic acids is 3. The Morgan fingerprint density at radius 2 is 1.67 bits per heavy atom. The summed E-state index contributed by atoms with van der Waals surface area (Å²) in [5.74, 6) is -0.598. The van der Waals surface area contributed by atoms with E-state index in [1.54, 1.807) is 61.5 Å². The van der Waals surface area contributed by atoms with Crippen molar-refractivity contribution in [3.05, 3.63) is 65.2 Å². The van der Waals surface area contributed by atoms with Crippen LogP contribution in [0.2, 0.25) is 5.02 Å². The third-order valence-corrected chi connectivity index (χ3v) is 3.94. The van der Waals surface area contributed by atoms with E-state index in [4.69, 9.17) is 25.8 Å². The van der Waals surface area contributed by atoms with Crippen LogP contribution >= 0.6 is 11.6 Å². The van der Waals surface area contributed by atoms with Gasteiger partial charge in [0.25, 0.3) is 0 Å². The van der Waals surface area contributed by atoms with Gasteiger partial charge in [-0.25, -0.2) is 9.59 Å². The van der Waals surface area contributed by atoms with E-state index >= 15 is 0 Å². The van der Waals surface area contributed by atoms with Crippen LogP contribution in [-0.4, -0.2) is 30.9 Å². The molecule has 0 aliphatic rings. The second kappa shape index (κ2) is 14.0. The Bertz CT molecular complexity index is 816. The Labute approximate surface area is 202 Å². The number of amides is 1. The van der Waals surface area contributed by atoms with Gasteiger partial charge in [-0.15, -0.1) is 0 Å². The van der Waals surface area contributed by atoms with Crippen molar-refractivity contribution in [2.45, 2.75) is 32.5 Å². The molecular formula is C21H22ClNNaO6+. The first kappa shape index (κ1) is 26.0. The second-order valence-corrected chi connectivity index (χ2v) is 6.41. The molecule has 0 radical (unpaired) electrons. The number of hydrogen-bond donors (Lipinski definition) is 1. The summed E-state index contributed by atoms with van der Waals surface area (Å²) in [5, 5.41) is 3.06. The molecule has 1 atom stereocenters. The summed E-state index contributed by atoms with van der Waals surface area (Å²) >= 11 is 5.77. The van der Waals surface area contributed by atoms with Crippen molar-refractivity contribution in [3.63, 3.8) is 0 Å². The normalized spacial score (nSPS) is 10.9. The van der Waals surface area contributed by atoms with Crippen molar-refractivity contribution < 1.29 is 58.2 Å². The van der Waals surface area contributed by atoms with E-state index in [2.05, 4.69) is 5.32 Å². The van der Waals surface area contributed by atoms with Crippen LogP contribution < -0.4 is 39.6 Å². The Balaban J connectivity index is 0.00000450. The van der Waals surface area contributed by atoms with Gasteiger partial charge in [0.05, 0.1) is 5.56 Å². The summed E-state index contributed by atoms with van der Waals surface area (Å²) in [6.45, 7) is 1.93. The molecule has 0 saturated carbocycles. The maximum atomic E-state index is 12.0. The van der Waals surface area contributed by atoms with Gasteiger partial charge >= 0.3 is 47.6 Å². The first-order chi connectivity index (χ1) is 14.0. The van der Waals surface area contributed by atoms with Gasteiger partial charge in [-0.3, -0.25) is 4.79 Å². The summed E-state index contributed by atoms with van der Waals surface area (Å²) in [4.78, 5) is 35.6. The number of carbonyl (C=O) groups is 3. The van der Waals surface area contributed by atoms with Gasteiger partial charge in [0.2, 0.25) is 6.29 Å². The van der Waals surface area contributed by atoms with E-state index in [1.165, 1.54) is 0 Å². The first-order valence-electron chi connectivity index (χ1n) is 9.14. The summed E-state index contributed by atoms with van der Waals surface area (Å²) < 4.78 is 15.4. The summed E-state index contributed by atoms with van der Waals surface area (Å²) in [6.07, 6.45) is -0.952. The quantitative estimate of drug-likeness (QED) is 0.207. The molecule has 1 N–H and O–H groups in total. The van der Waals surface area contributed by atoms with Gasteiger partial charge in [-0.05, 0) is 42.8 Å². The second-order valence-electron chi connectivity index (χ2n) is 5.97. The Morgan fingerprint density at radius 1 is 1.00 bits per heavy atom. The summed E-state index contributed by atoms with van der Waals surface area (Å²) in [7, 11) is 0. The van der Waals surface area contributed by atoms with Crippen molar-refractivity contribution in [1.29, 1.82) is 0 Å². The first-order valence-corrected chi connectivity index (χ1v) is 9.52. The molecule has 0 aliphatic heterocycles. The van der Waals surface area contributed by atoms with Crippen molar-refractivity contribution >= 4 is 29.6 Å². The SMILES string of the molecule is CCC(OC(=O)NCCCC(=O)Oc1ccc(Cl)cc1)OC(=O)c1ccccc1.[Na+]. The predicted octanol–water partition coefficient (Wildman–Crippen LogP) is 1.35. The van der Waals surface area contributed by atoms with Crippen molar-refractivity contribution in [2.75, 3.05) is 6.54 Å². The van der Waals surface area contributed by atoms with Crippen LogP contribution in [0.15, 0.2) is 54.6 Å². The summed E-state index contributed by atoms with van der Waals surface area (Å²) in [5.41, 5.74) is 0.370. The maximum absolute atomic E-state index is 12.0. The van der Waals surface area contributed by atoms with Gasteiger partial charge < -0.3 is 19.5 Å². The van der Waals surface area contributed by atoms with Crippen LogP contribution in [0.3, 0.4) is 0 Å². The van der Waals surface area contributed by atoms with E-state index in [0.717, 1.165) is 0 Å². The molecule has 1 unspecified atom stereocenters. The number of halogens is 1. The van der Waals surface area contributed by atoms with Gasteiger partial charge in [0.1, 0.15) is 5.75 Å². The summed E-state index contributed by atoms with van der Waals surface area (Å²) in [6, 6.07) is 14.9. The number of hydrogen-bond acceptors (Lipinski definition) is 6. The molecule has 30 heavy (non-hydrogen) atoms. The average molecular weight is 443 g/mol. The zero-order valence-electron chi connectivity index (χ0n) is 16.9. The average Bonchev–Trinajstić information content (AvgIpc) is 2.73. The standard InChI is InChI=1S/C21H22ClNO6.Na/c1-2-19(28-20(25)15-7-4-3-5-8-15)29-21(26)23-14-6-9-18(24)27-17-12-10-16(22)11-13-17;/h3-5,7-8,10-13,19H,2,6,9,14H2,1H3,(H,23,26);/q;+1. The van der Waals surface area contributed by atoms with Crippen LogP contribution in [-0.2, 0) is 14.3 Å². The van der Waals surface area contributed by atoms with Crippen LogP contribution in [0.4, 0.5) is 4.79 Å². The van der Waals surface area contributed by atoms with Crippen LogP contribution in [0.1, 0.15) is 36.5 Å². The predicted molar refractivity (Wildman–Crippen MR) is 107 cm³/mol. The molecule has 0 fully saturated rings. The minimum Gasteiger partial charge on any atom is -0.427 e. The Hall–Kier alpha value is -2.06. The Morgan fingerprint density at radius 3 is 2.30 bits per heavy atom. The zero-order valence-corrected chi connectivity index (χ0v) is 19.7. The molecule has 0 heterocycles. The van der Waals surface area contributed by atoms with Gasteiger partial charge in [-0.1, -0.05) is 36.7 Å². The van der Waals surface area contributed by atoms with E-state index in [1.807, 2.05) is 0 Å². The largest absolute Gasteiger partial charge is 1.00 e. The molecule has 7 nitrogen and oxygen atoms in total. The number of alkyl carbamates (subject to hydrolysis) is 1. The Kier molecular flexibility index (Phi) is 12.2. The molecule has 1 amide bonds. The number of rotatable bonds is 9. The maximum Gasteiger partial charge on any atom is 1.00 e. The minimum absolute atomic E-state index is 0. The molecule has 0 saturated heterocycles. The zero-order chi connectivity index (χ0) is 21.1. The molecular weight excluding hydrogens is 421 g/mol. The van der Waals surface area contributed by atoms with Crippen molar-refractivity contribution in [3.8, 4) is 5.75 Å². The van der Waals surface area contributed by atoms with Crippen LogP contribution in [0.25, 0.3) is 0 Å². The molecule has 9 heteroatoms. The fourth-order valence-electron chi connectivity index (χ4n) is 2.22. The fraction of sp³-hybridized carbons (Fsp3) is 0.286. The molecule has 0 bridgehead atoms. The molecule has 2 aromatic rings. The van der Waals surface area contributed by atoms with Gasteiger partial charge in [0, 0.05) is 24.4 Å². The molecule has 0 spiro atoms. The van der Waals surface area contributed by atoms with Crippen molar-refractivity contribution in [2.24, 2.45) is 0 Å². The smallest absolute Gasteiger partial charge is 0.427 e. The van der Waals surface area contributed by atoms with Crippen molar-refractivity contribution in [1.82, 2.24) is 5.32 Å². The van der Waals surface area contributed by atoms with Gasteiger partial charge in [0.15, 0.2) is 0 Å². The van der Waals surface area contributed by atoms with Gasteiger partial charge in [-0.2, -0.15) is 0 Å². The molecule has 0 aromatic heterocycles. The van der Waals surface area contributed by atoms with E-state index in [9.17, 15) is 14.4 Å². The number of esters is 2. The third-order valence-electron chi connectivity index (χ3n) is 3.69. The van der Waals surface area contributed by atoms with Crippen LogP contribution in [0, 0.1) is 0 Å². The van der Waals surface area contributed by atoms with E-state index in [0.29, 0.717) is 29.2 Å². The van der Waals surface area contributed by atoms with Crippen LogP contribution in [0.5, 0.6) is 5.75 Å². The molecule has 0 aliphatic carbocycles. The number of benzene rings is 2. The third kappa shape index (κ3) is 9.63. The van der Waals surface area contributed by atoms with E-state index in [-0.39, 0.29) is 42.5 Å². The topological polar surface area (TPSA) is 90.9 Å². The molecule has 154 valence electrons. The fourth-order valence-corrected chi connectivity index (χ4v) is 2.35.